The quantitative estimate of drug-likeness (QED) is 0.133. The van der Waals surface area contributed by atoms with Gasteiger partial charge in [-0.2, -0.15) is 0 Å². The Morgan fingerprint density at radius 2 is 1.80 bits per heavy atom. The van der Waals surface area contributed by atoms with E-state index < -0.39 is 16.9 Å². The fourth-order valence-corrected chi connectivity index (χ4v) is 6.06. The number of carbonyl (C=O) groups is 1. The van der Waals surface area contributed by atoms with Gasteiger partial charge in [0.1, 0.15) is 12.4 Å². The molecular formula is C33H31N3O8S. The first-order chi connectivity index (χ1) is 21.7. The number of esters is 1. The van der Waals surface area contributed by atoms with E-state index in [4.69, 9.17) is 18.9 Å². The molecule has 4 aromatic rings. The van der Waals surface area contributed by atoms with Crippen LogP contribution in [0.3, 0.4) is 0 Å². The molecule has 0 fully saturated rings. The number of hydrogen-bond donors (Lipinski definition) is 0. The van der Waals surface area contributed by atoms with E-state index >= 15 is 0 Å². The minimum absolute atomic E-state index is 0.0251. The fourth-order valence-electron chi connectivity index (χ4n) is 5.01. The average Bonchev–Trinajstić information content (AvgIpc) is 3.34. The summed E-state index contributed by atoms with van der Waals surface area (Å²) in [6, 6.07) is 18.0. The molecule has 0 saturated carbocycles. The summed E-state index contributed by atoms with van der Waals surface area (Å²) in [6.45, 7) is 5.80. The van der Waals surface area contributed by atoms with Gasteiger partial charge in [0.25, 0.3) is 11.2 Å². The number of carbonyl (C=O) groups excluding carboxylic acids is 1. The van der Waals surface area contributed by atoms with Crippen molar-refractivity contribution in [2.45, 2.75) is 33.4 Å². The number of ether oxygens (including phenoxy) is 4. The monoisotopic (exact) mass is 629 g/mol. The van der Waals surface area contributed by atoms with Crippen LogP contribution in [0.15, 0.2) is 87.8 Å². The van der Waals surface area contributed by atoms with Crippen LogP contribution in [0, 0.1) is 10.1 Å². The lowest BCUT2D eigenvalue weighted by atomic mass is 9.96. The van der Waals surface area contributed by atoms with Crippen molar-refractivity contribution in [2.24, 2.45) is 4.99 Å². The van der Waals surface area contributed by atoms with Crippen LogP contribution in [0.2, 0.25) is 0 Å². The molecule has 1 aliphatic rings. The fraction of sp³-hybridized carbons (Fsp3) is 0.242. The second-order valence-corrected chi connectivity index (χ2v) is 10.9. The number of nitro benzene ring substituents is 1. The second-order valence-electron chi connectivity index (χ2n) is 9.89. The third kappa shape index (κ3) is 6.50. The van der Waals surface area contributed by atoms with Crippen molar-refractivity contribution in [3.8, 4) is 17.2 Å². The third-order valence-electron chi connectivity index (χ3n) is 7.09. The van der Waals surface area contributed by atoms with Crippen LogP contribution in [0.5, 0.6) is 17.2 Å². The Hall–Kier alpha value is -5.23. The highest BCUT2D eigenvalue weighted by atomic mass is 32.1. The summed E-state index contributed by atoms with van der Waals surface area (Å²) in [6.07, 6.45) is 1.73. The number of para-hydroxylation sites is 1. The lowest BCUT2D eigenvalue weighted by molar-refractivity contribution is -0.385. The molecule has 0 amide bonds. The molecule has 232 valence electrons. The number of allylic oxidation sites excluding steroid dienone is 1. The Labute approximate surface area is 262 Å². The predicted molar refractivity (Wildman–Crippen MR) is 168 cm³/mol. The number of aromatic nitrogens is 1. The normalized spacial score (nSPS) is 14.4. The first-order valence-electron chi connectivity index (χ1n) is 14.2. The van der Waals surface area contributed by atoms with E-state index in [1.54, 1.807) is 75.6 Å². The lowest BCUT2D eigenvalue weighted by Crippen LogP contribution is -2.39. The number of methoxy groups -OCH3 is 1. The summed E-state index contributed by atoms with van der Waals surface area (Å²) in [5, 5.41) is 11.4. The van der Waals surface area contributed by atoms with Crippen LogP contribution in [0.25, 0.3) is 6.08 Å². The molecule has 0 N–H and O–H groups in total. The molecule has 2 heterocycles. The van der Waals surface area contributed by atoms with Gasteiger partial charge in [-0.3, -0.25) is 19.5 Å². The number of thiazole rings is 1. The number of benzene rings is 3. The van der Waals surface area contributed by atoms with Crippen LogP contribution < -0.4 is 29.1 Å². The molecule has 45 heavy (non-hydrogen) atoms. The van der Waals surface area contributed by atoms with Crippen LogP contribution in [-0.2, 0) is 16.1 Å². The molecule has 0 spiro atoms. The smallest absolute Gasteiger partial charge is 0.338 e. The van der Waals surface area contributed by atoms with E-state index in [0.717, 1.165) is 0 Å². The van der Waals surface area contributed by atoms with Crippen LogP contribution in [0.1, 0.15) is 43.5 Å². The largest absolute Gasteiger partial charge is 0.497 e. The highest BCUT2D eigenvalue weighted by Gasteiger charge is 2.33. The Kier molecular flexibility index (Phi) is 9.43. The summed E-state index contributed by atoms with van der Waals surface area (Å²) >= 11 is 1.21. The van der Waals surface area contributed by atoms with Gasteiger partial charge < -0.3 is 18.9 Å². The zero-order valence-corrected chi connectivity index (χ0v) is 26.0. The first kappa shape index (κ1) is 31.2. The molecule has 5 rings (SSSR count). The summed E-state index contributed by atoms with van der Waals surface area (Å²) < 4.78 is 24.3. The number of fused-ring (bicyclic) bond motifs is 1. The van der Waals surface area contributed by atoms with E-state index in [1.165, 1.54) is 22.0 Å². The van der Waals surface area contributed by atoms with Gasteiger partial charge in [-0.25, -0.2) is 9.79 Å². The number of nitrogens with zero attached hydrogens (tertiary/aromatic N) is 3. The predicted octanol–water partition coefficient (Wildman–Crippen LogP) is 4.69. The van der Waals surface area contributed by atoms with E-state index in [9.17, 15) is 19.7 Å². The van der Waals surface area contributed by atoms with Crippen molar-refractivity contribution < 1.29 is 28.7 Å². The minimum Gasteiger partial charge on any atom is -0.497 e. The number of hydrogen-bond acceptors (Lipinski definition) is 10. The Balaban J connectivity index is 1.54. The first-order valence-corrected chi connectivity index (χ1v) is 15.0. The van der Waals surface area contributed by atoms with Gasteiger partial charge in [0, 0.05) is 6.07 Å². The van der Waals surface area contributed by atoms with E-state index in [1.807, 2.05) is 19.1 Å². The topological polar surface area (TPSA) is 131 Å². The number of nitro groups is 1. The second kappa shape index (κ2) is 13.6. The van der Waals surface area contributed by atoms with Crippen molar-refractivity contribution in [3.63, 3.8) is 0 Å². The lowest BCUT2D eigenvalue weighted by Gasteiger charge is -2.24. The molecule has 3 aromatic carbocycles. The molecule has 1 atom stereocenters. The van der Waals surface area contributed by atoms with Crippen molar-refractivity contribution in [3.05, 3.63) is 124 Å². The molecule has 0 bridgehead atoms. The average molecular weight is 630 g/mol. The number of rotatable bonds is 11. The zero-order valence-electron chi connectivity index (χ0n) is 25.1. The maximum atomic E-state index is 14.0. The molecule has 0 saturated heterocycles. The summed E-state index contributed by atoms with van der Waals surface area (Å²) in [4.78, 5) is 43.1. The Bertz CT molecular complexity index is 1960. The summed E-state index contributed by atoms with van der Waals surface area (Å²) in [5.74, 6) is 0.938. The SMILES string of the molecule is CCOC(=O)C1=C(C)N=c2sc(=Cc3ccc(OCc4ccccc4[N+](=O)[O-])c(OCC)c3)c(=O)n2C1c1ccc(OC)cc1. The van der Waals surface area contributed by atoms with Gasteiger partial charge in [-0.15, -0.1) is 0 Å². The Morgan fingerprint density at radius 1 is 1.04 bits per heavy atom. The van der Waals surface area contributed by atoms with Crippen LogP contribution in [-0.4, -0.2) is 35.8 Å². The van der Waals surface area contributed by atoms with Gasteiger partial charge in [0.15, 0.2) is 16.3 Å². The van der Waals surface area contributed by atoms with Crippen molar-refractivity contribution in [1.82, 2.24) is 4.57 Å². The van der Waals surface area contributed by atoms with Crippen LogP contribution >= 0.6 is 11.3 Å². The zero-order chi connectivity index (χ0) is 32.1. The van der Waals surface area contributed by atoms with Gasteiger partial charge in [-0.1, -0.05) is 41.7 Å². The summed E-state index contributed by atoms with van der Waals surface area (Å²) in [5.41, 5.74) is 2.23. The highest BCUT2D eigenvalue weighted by Crippen LogP contribution is 2.33. The van der Waals surface area contributed by atoms with Gasteiger partial charge >= 0.3 is 5.97 Å². The van der Waals surface area contributed by atoms with Crippen molar-refractivity contribution in [1.29, 1.82) is 0 Å². The maximum Gasteiger partial charge on any atom is 0.338 e. The third-order valence-corrected chi connectivity index (χ3v) is 8.07. The molecule has 1 aliphatic heterocycles. The van der Waals surface area contributed by atoms with Crippen molar-refractivity contribution in [2.75, 3.05) is 20.3 Å². The standard InChI is InChI=1S/C33H31N3O8S/c1-5-42-27-17-21(11-16-26(27)44-19-23-9-7-8-10-25(23)36(39)40)18-28-31(37)35-30(22-12-14-24(41-4)15-13-22)29(32(38)43-6-2)20(3)34-33(35)45-28/h7-18,30H,5-6,19H2,1-4H3. The molecule has 1 aromatic heterocycles. The molecule has 12 heteroatoms. The van der Waals surface area contributed by atoms with Gasteiger partial charge in [0.05, 0.1) is 52.7 Å². The molecular weight excluding hydrogens is 598 g/mol. The molecule has 1 unspecified atom stereocenters. The van der Waals surface area contributed by atoms with Gasteiger partial charge in [0.2, 0.25) is 0 Å². The van der Waals surface area contributed by atoms with Crippen LogP contribution in [0.4, 0.5) is 5.69 Å². The minimum atomic E-state index is -0.745. The van der Waals surface area contributed by atoms with E-state index in [2.05, 4.69) is 4.99 Å². The molecule has 0 aliphatic carbocycles. The maximum absolute atomic E-state index is 14.0. The van der Waals surface area contributed by atoms with E-state index in [-0.39, 0.29) is 24.5 Å². The highest BCUT2D eigenvalue weighted by molar-refractivity contribution is 7.07. The van der Waals surface area contributed by atoms with Gasteiger partial charge in [-0.05, 0) is 68.3 Å². The molecule has 11 nitrogen and oxygen atoms in total. The summed E-state index contributed by atoms with van der Waals surface area (Å²) in [7, 11) is 1.57. The van der Waals surface area contributed by atoms with Crippen molar-refractivity contribution >= 4 is 29.1 Å². The Morgan fingerprint density at radius 3 is 2.49 bits per heavy atom. The van der Waals surface area contributed by atoms with E-state index in [0.29, 0.717) is 61.1 Å². The molecule has 0 radical (unpaired) electrons.